The van der Waals surface area contributed by atoms with E-state index in [0.717, 1.165) is 16.9 Å². The predicted octanol–water partition coefficient (Wildman–Crippen LogP) is 1.87. The number of carbonyl (C=O) groups is 1. The third kappa shape index (κ3) is 6.53. The zero-order valence-corrected chi connectivity index (χ0v) is 20.4. The summed E-state index contributed by atoms with van der Waals surface area (Å²) in [6, 6.07) is 11.0. The van der Waals surface area contributed by atoms with Crippen LogP contribution >= 0.6 is 11.3 Å². The van der Waals surface area contributed by atoms with Crippen molar-refractivity contribution in [2.45, 2.75) is 39.0 Å². The van der Waals surface area contributed by atoms with Gasteiger partial charge in [-0.15, -0.1) is 11.3 Å². The Morgan fingerprint density at radius 3 is 2.61 bits per heavy atom. The number of nitriles is 2. The van der Waals surface area contributed by atoms with Crippen LogP contribution in [0.25, 0.3) is 11.8 Å². The molecule has 1 saturated heterocycles. The lowest BCUT2D eigenvalue weighted by Gasteiger charge is -2.32. The first-order valence-corrected chi connectivity index (χ1v) is 12.1. The standard InChI is InChI=1S/C24H25F3N6O2S/c1-2-33-22(35)20(36-23(33)19(13-29)21(34)30-9-8-28)14-31-18-5-3-4-16(12-18)15-32-10-6-17(7-11-32)24(25,26)27/h3-5,12,14,17,31H,2,6-7,9-11,15H2,1H3,(H,30,34)/b20-14+,23-19-. The van der Waals surface area contributed by atoms with Crippen LogP contribution in [-0.2, 0) is 17.9 Å². The number of nitrogens with one attached hydrogen (secondary N) is 2. The van der Waals surface area contributed by atoms with Crippen LogP contribution in [0.1, 0.15) is 25.3 Å². The van der Waals surface area contributed by atoms with E-state index in [1.54, 1.807) is 19.1 Å². The first-order chi connectivity index (χ1) is 17.2. The second-order valence-corrected chi connectivity index (χ2v) is 9.26. The number of amides is 1. The molecule has 1 aliphatic heterocycles. The Labute approximate surface area is 209 Å². The summed E-state index contributed by atoms with van der Waals surface area (Å²) >= 11 is 0.988. The molecule has 0 atom stereocenters. The average Bonchev–Trinajstić information content (AvgIpc) is 3.16. The highest BCUT2D eigenvalue weighted by Gasteiger charge is 2.40. The molecule has 12 heteroatoms. The number of rotatable bonds is 7. The summed E-state index contributed by atoms with van der Waals surface area (Å²) in [5, 5.41) is 23.5. The van der Waals surface area contributed by atoms with Gasteiger partial charge in [0.15, 0.2) is 5.57 Å². The summed E-state index contributed by atoms with van der Waals surface area (Å²) in [7, 11) is 0. The maximum Gasteiger partial charge on any atom is 0.391 e. The number of hydrogen-bond acceptors (Lipinski definition) is 7. The number of nitrogens with zero attached hydrogens (tertiary/aromatic N) is 4. The van der Waals surface area contributed by atoms with E-state index in [1.807, 2.05) is 29.2 Å². The van der Waals surface area contributed by atoms with Crippen molar-refractivity contribution in [3.63, 3.8) is 0 Å². The monoisotopic (exact) mass is 518 g/mol. The van der Waals surface area contributed by atoms with Crippen molar-refractivity contribution in [1.29, 1.82) is 10.5 Å². The Bertz CT molecular complexity index is 1360. The first kappa shape index (κ1) is 27.0. The second kappa shape index (κ2) is 11.9. The molecule has 0 unspecified atom stereocenters. The molecule has 0 saturated carbocycles. The van der Waals surface area contributed by atoms with Crippen molar-refractivity contribution >= 4 is 34.7 Å². The van der Waals surface area contributed by atoms with Gasteiger partial charge in [-0.2, -0.15) is 23.7 Å². The zero-order valence-electron chi connectivity index (χ0n) is 19.6. The number of anilines is 1. The molecule has 0 bridgehead atoms. The molecule has 0 spiro atoms. The molecule has 36 heavy (non-hydrogen) atoms. The maximum absolute atomic E-state index is 12.9. The van der Waals surface area contributed by atoms with Crippen LogP contribution in [0.3, 0.4) is 0 Å². The van der Waals surface area contributed by atoms with Gasteiger partial charge in [-0.25, -0.2) is 0 Å². The molecule has 1 aliphatic rings. The Morgan fingerprint density at radius 1 is 1.28 bits per heavy atom. The van der Waals surface area contributed by atoms with Gasteiger partial charge in [-0.3, -0.25) is 19.1 Å². The lowest BCUT2D eigenvalue weighted by atomic mass is 9.96. The molecule has 2 N–H and O–H groups in total. The minimum atomic E-state index is -4.14. The fourth-order valence-corrected chi connectivity index (χ4v) is 5.07. The van der Waals surface area contributed by atoms with E-state index in [9.17, 15) is 28.0 Å². The Morgan fingerprint density at radius 2 is 2.00 bits per heavy atom. The minimum Gasteiger partial charge on any atom is -0.360 e. The van der Waals surface area contributed by atoms with Gasteiger partial charge < -0.3 is 10.6 Å². The van der Waals surface area contributed by atoms with Gasteiger partial charge in [0.25, 0.3) is 11.5 Å². The van der Waals surface area contributed by atoms with E-state index < -0.39 is 18.0 Å². The lowest BCUT2D eigenvalue weighted by Crippen LogP contribution is -2.38. The largest absolute Gasteiger partial charge is 0.391 e. The topological polar surface area (TPSA) is 114 Å². The molecule has 190 valence electrons. The molecule has 2 heterocycles. The van der Waals surface area contributed by atoms with E-state index in [-0.39, 0.29) is 46.3 Å². The van der Waals surface area contributed by atoms with E-state index in [1.165, 1.54) is 10.8 Å². The highest BCUT2D eigenvalue weighted by Crippen LogP contribution is 2.34. The van der Waals surface area contributed by atoms with Gasteiger partial charge in [-0.05, 0) is 50.6 Å². The number of halogens is 3. The summed E-state index contributed by atoms with van der Waals surface area (Å²) in [6.45, 7) is 2.98. The summed E-state index contributed by atoms with van der Waals surface area (Å²) in [5.74, 6) is -1.97. The van der Waals surface area contributed by atoms with Crippen LogP contribution in [0.2, 0.25) is 0 Å². The maximum atomic E-state index is 12.9. The molecule has 0 aliphatic carbocycles. The van der Waals surface area contributed by atoms with Crippen molar-refractivity contribution in [2.24, 2.45) is 5.92 Å². The highest BCUT2D eigenvalue weighted by atomic mass is 32.1. The Hall–Kier alpha value is -3.61. The fourth-order valence-electron chi connectivity index (χ4n) is 3.98. The fraction of sp³-hybridized carbons (Fsp3) is 0.417. The highest BCUT2D eigenvalue weighted by molar-refractivity contribution is 7.07. The third-order valence-corrected chi connectivity index (χ3v) is 6.99. The van der Waals surface area contributed by atoms with Crippen LogP contribution < -0.4 is 25.4 Å². The summed E-state index contributed by atoms with van der Waals surface area (Å²) < 4.78 is 40.5. The predicted molar refractivity (Wildman–Crippen MR) is 130 cm³/mol. The van der Waals surface area contributed by atoms with E-state index in [4.69, 9.17) is 5.26 Å². The molecule has 1 amide bonds. The number of alkyl halides is 3. The number of thiazole rings is 1. The number of likely N-dealkylation sites (tertiary alicyclic amines) is 1. The van der Waals surface area contributed by atoms with Gasteiger partial charge in [0, 0.05) is 25.0 Å². The molecule has 1 aromatic heterocycles. The Kier molecular flexibility index (Phi) is 8.91. The molecule has 8 nitrogen and oxygen atoms in total. The average molecular weight is 519 g/mol. The molecular formula is C24H25F3N6O2S. The zero-order chi connectivity index (χ0) is 26.3. The van der Waals surface area contributed by atoms with Gasteiger partial charge in [0.1, 0.15) is 21.8 Å². The van der Waals surface area contributed by atoms with E-state index in [2.05, 4.69) is 10.6 Å². The quantitative estimate of drug-likeness (QED) is 0.541. The molecule has 1 aromatic carbocycles. The van der Waals surface area contributed by atoms with Gasteiger partial charge >= 0.3 is 6.18 Å². The van der Waals surface area contributed by atoms with E-state index in [0.29, 0.717) is 25.3 Å². The van der Waals surface area contributed by atoms with Crippen LogP contribution in [0.5, 0.6) is 0 Å². The van der Waals surface area contributed by atoms with Crippen molar-refractivity contribution in [3.8, 4) is 12.1 Å². The number of piperidine rings is 1. The third-order valence-electron chi connectivity index (χ3n) is 5.86. The summed E-state index contributed by atoms with van der Waals surface area (Å²) in [5.41, 5.74) is 0.997. The van der Waals surface area contributed by atoms with Crippen molar-refractivity contribution in [3.05, 3.63) is 49.4 Å². The second-order valence-electron chi connectivity index (χ2n) is 8.23. The lowest BCUT2D eigenvalue weighted by molar-refractivity contribution is -0.185. The van der Waals surface area contributed by atoms with Crippen LogP contribution in [0.15, 0.2) is 29.1 Å². The Balaban J connectivity index is 1.79. The molecule has 0 radical (unpaired) electrons. The van der Waals surface area contributed by atoms with Gasteiger partial charge in [0.05, 0.1) is 12.0 Å². The minimum absolute atomic E-state index is 0.0931. The van der Waals surface area contributed by atoms with Gasteiger partial charge in [0.2, 0.25) is 0 Å². The van der Waals surface area contributed by atoms with E-state index >= 15 is 0 Å². The first-order valence-electron chi connectivity index (χ1n) is 11.3. The molecule has 2 aromatic rings. The summed E-state index contributed by atoms with van der Waals surface area (Å²) in [6.07, 6.45) is -2.46. The van der Waals surface area contributed by atoms with Gasteiger partial charge in [-0.1, -0.05) is 12.1 Å². The number of hydrogen-bond donors (Lipinski definition) is 2. The van der Waals surface area contributed by atoms with Crippen LogP contribution in [-0.4, -0.2) is 41.2 Å². The van der Waals surface area contributed by atoms with Crippen molar-refractivity contribution in [1.82, 2.24) is 14.8 Å². The SMILES string of the molecule is CCn1c(=O)/c(=C\Nc2cccc(CN3CCC(C(F)(F)F)CC3)c2)s/c1=C(/C#N)C(=O)NCC#N. The van der Waals surface area contributed by atoms with Crippen molar-refractivity contribution < 1.29 is 18.0 Å². The number of benzene rings is 1. The smallest absolute Gasteiger partial charge is 0.360 e. The number of aromatic nitrogens is 1. The summed E-state index contributed by atoms with van der Waals surface area (Å²) in [4.78, 5) is 27.1. The normalized spacial score (nSPS) is 16.2. The van der Waals surface area contributed by atoms with Crippen molar-refractivity contribution in [2.75, 3.05) is 25.0 Å². The molecule has 3 rings (SSSR count). The number of carbonyl (C=O) groups excluding carboxylic acids is 1. The molecular weight excluding hydrogens is 493 g/mol. The molecule has 1 fully saturated rings. The van der Waals surface area contributed by atoms with Crippen LogP contribution in [0.4, 0.5) is 18.9 Å². The van der Waals surface area contributed by atoms with Crippen LogP contribution in [0, 0.1) is 28.6 Å².